The molecule has 1 fully saturated rings. The van der Waals surface area contributed by atoms with E-state index in [1.54, 1.807) is 30.3 Å². The summed E-state index contributed by atoms with van der Waals surface area (Å²) in [7, 11) is 0. The molecule has 6 heteroatoms. The maximum absolute atomic E-state index is 12.1. The third-order valence-corrected chi connectivity index (χ3v) is 4.39. The highest BCUT2D eigenvalue weighted by Crippen LogP contribution is 2.17. The van der Waals surface area contributed by atoms with E-state index in [1.165, 1.54) is 11.3 Å². The molecule has 3 rings (SSSR count). The second-order valence-electron chi connectivity index (χ2n) is 5.25. The van der Waals surface area contributed by atoms with Gasteiger partial charge in [-0.25, -0.2) is 4.79 Å². The molecular weight excluding hydrogens is 314 g/mol. The number of carbonyl (C=O) groups excluding carboxylic acids is 2. The maximum atomic E-state index is 12.1. The van der Waals surface area contributed by atoms with E-state index in [9.17, 15) is 9.59 Å². The second kappa shape index (κ2) is 7.39. The topological polar surface area (TPSA) is 64.6 Å². The van der Waals surface area contributed by atoms with Crippen molar-refractivity contribution in [1.29, 1.82) is 0 Å². The van der Waals surface area contributed by atoms with Crippen LogP contribution >= 0.6 is 11.3 Å². The van der Waals surface area contributed by atoms with E-state index < -0.39 is 5.97 Å². The number of thiophene rings is 1. The van der Waals surface area contributed by atoms with Crippen molar-refractivity contribution < 1.29 is 19.1 Å². The van der Waals surface area contributed by atoms with Crippen LogP contribution in [0.1, 0.15) is 32.9 Å². The highest BCUT2D eigenvalue weighted by molar-refractivity contribution is 7.12. The van der Waals surface area contributed by atoms with Crippen LogP contribution in [0.4, 0.5) is 5.69 Å². The minimum absolute atomic E-state index is 0.000615. The summed E-state index contributed by atoms with van der Waals surface area (Å²) in [6, 6.07) is 10.3. The van der Waals surface area contributed by atoms with E-state index in [2.05, 4.69) is 5.32 Å². The first-order valence-electron chi connectivity index (χ1n) is 7.46. The molecular formula is C17H17NO4S. The lowest BCUT2D eigenvalue weighted by molar-refractivity contribution is 0.0161. The van der Waals surface area contributed by atoms with Gasteiger partial charge in [-0.05, 0) is 42.5 Å². The highest BCUT2D eigenvalue weighted by Gasteiger charge is 2.18. The molecule has 2 aromatic rings. The number of esters is 1. The number of ether oxygens (including phenoxy) is 2. The van der Waals surface area contributed by atoms with Crippen molar-refractivity contribution >= 4 is 28.9 Å². The van der Waals surface area contributed by atoms with Gasteiger partial charge < -0.3 is 14.8 Å². The summed E-state index contributed by atoms with van der Waals surface area (Å²) < 4.78 is 10.7. The first-order valence-corrected chi connectivity index (χ1v) is 8.34. The van der Waals surface area contributed by atoms with Gasteiger partial charge in [0, 0.05) is 12.3 Å². The Bertz CT molecular complexity index is 678. The molecule has 1 saturated heterocycles. The fourth-order valence-corrected chi connectivity index (χ4v) is 2.97. The summed E-state index contributed by atoms with van der Waals surface area (Å²) >= 11 is 1.37. The number of hydrogen-bond acceptors (Lipinski definition) is 5. The third kappa shape index (κ3) is 4.18. The standard InChI is InChI=1S/C17H17NO4S/c19-16(15-7-3-9-23-15)18-13-5-1-4-12(10-13)17(20)22-11-14-6-2-8-21-14/h1,3-5,7,9-10,14H,2,6,8,11H2,(H,18,19). The van der Waals surface area contributed by atoms with Crippen LogP contribution in [0.15, 0.2) is 41.8 Å². The lowest BCUT2D eigenvalue weighted by atomic mass is 10.2. The predicted molar refractivity (Wildman–Crippen MR) is 88.0 cm³/mol. The van der Waals surface area contributed by atoms with E-state index in [-0.39, 0.29) is 18.6 Å². The smallest absolute Gasteiger partial charge is 0.338 e. The van der Waals surface area contributed by atoms with Crippen LogP contribution < -0.4 is 5.32 Å². The fourth-order valence-electron chi connectivity index (χ4n) is 2.35. The average Bonchev–Trinajstić information content (AvgIpc) is 3.26. The largest absolute Gasteiger partial charge is 0.459 e. The van der Waals surface area contributed by atoms with Gasteiger partial charge in [-0.2, -0.15) is 0 Å². The van der Waals surface area contributed by atoms with Crippen LogP contribution in [0.3, 0.4) is 0 Å². The van der Waals surface area contributed by atoms with Crippen LogP contribution in [-0.4, -0.2) is 31.2 Å². The molecule has 1 aromatic heterocycles. The number of benzene rings is 1. The van der Waals surface area contributed by atoms with Crippen molar-refractivity contribution in [2.45, 2.75) is 18.9 Å². The lowest BCUT2D eigenvalue weighted by Crippen LogP contribution is -2.18. The van der Waals surface area contributed by atoms with Gasteiger partial charge in [0.05, 0.1) is 16.5 Å². The predicted octanol–water partition coefficient (Wildman–Crippen LogP) is 3.34. The first kappa shape index (κ1) is 15.7. The van der Waals surface area contributed by atoms with E-state index in [0.717, 1.165) is 19.4 Å². The molecule has 0 spiro atoms. The zero-order valence-electron chi connectivity index (χ0n) is 12.5. The zero-order valence-corrected chi connectivity index (χ0v) is 13.3. The van der Waals surface area contributed by atoms with Gasteiger partial charge in [0.15, 0.2) is 0 Å². The molecule has 0 saturated carbocycles. The maximum Gasteiger partial charge on any atom is 0.338 e. The molecule has 2 heterocycles. The molecule has 1 aliphatic rings. The fraction of sp³-hybridized carbons (Fsp3) is 0.294. The number of amides is 1. The Kier molecular flexibility index (Phi) is 5.05. The first-order chi connectivity index (χ1) is 11.2. The van der Waals surface area contributed by atoms with Gasteiger partial charge in [-0.15, -0.1) is 11.3 Å². The van der Waals surface area contributed by atoms with Crippen LogP contribution in [0.2, 0.25) is 0 Å². The van der Waals surface area contributed by atoms with Crippen molar-refractivity contribution in [2.75, 3.05) is 18.5 Å². The Balaban J connectivity index is 1.60. The quantitative estimate of drug-likeness (QED) is 0.854. The van der Waals surface area contributed by atoms with Crippen molar-refractivity contribution in [2.24, 2.45) is 0 Å². The summed E-state index contributed by atoms with van der Waals surface area (Å²) in [5, 5.41) is 4.62. The SMILES string of the molecule is O=C(OCC1CCCO1)c1cccc(NC(=O)c2cccs2)c1. The van der Waals surface area contributed by atoms with Gasteiger partial charge >= 0.3 is 5.97 Å². The number of hydrogen-bond donors (Lipinski definition) is 1. The molecule has 0 aliphatic carbocycles. The Labute approximate surface area is 138 Å². The normalized spacial score (nSPS) is 17.0. The van der Waals surface area contributed by atoms with E-state index in [0.29, 0.717) is 16.1 Å². The van der Waals surface area contributed by atoms with Crippen molar-refractivity contribution in [3.05, 3.63) is 52.2 Å². The molecule has 1 aromatic carbocycles. The Morgan fingerprint density at radius 3 is 2.96 bits per heavy atom. The summed E-state index contributed by atoms with van der Waals surface area (Å²) in [6.45, 7) is 0.997. The zero-order chi connectivity index (χ0) is 16.1. The molecule has 120 valence electrons. The van der Waals surface area contributed by atoms with E-state index in [4.69, 9.17) is 9.47 Å². The van der Waals surface area contributed by atoms with Crippen molar-refractivity contribution in [3.8, 4) is 0 Å². The minimum atomic E-state index is -0.410. The van der Waals surface area contributed by atoms with Crippen molar-refractivity contribution in [1.82, 2.24) is 0 Å². The van der Waals surface area contributed by atoms with Gasteiger partial charge in [-0.3, -0.25) is 4.79 Å². The van der Waals surface area contributed by atoms with Crippen LogP contribution in [0.25, 0.3) is 0 Å². The molecule has 1 amide bonds. The molecule has 1 atom stereocenters. The summed E-state index contributed by atoms with van der Waals surface area (Å²) in [4.78, 5) is 24.7. The Morgan fingerprint density at radius 2 is 2.22 bits per heavy atom. The second-order valence-corrected chi connectivity index (χ2v) is 6.19. The number of nitrogens with one attached hydrogen (secondary N) is 1. The highest BCUT2D eigenvalue weighted by atomic mass is 32.1. The minimum Gasteiger partial charge on any atom is -0.459 e. The van der Waals surface area contributed by atoms with Gasteiger partial charge in [0.2, 0.25) is 0 Å². The van der Waals surface area contributed by atoms with E-state index >= 15 is 0 Å². The molecule has 1 N–H and O–H groups in total. The monoisotopic (exact) mass is 331 g/mol. The Morgan fingerprint density at radius 1 is 1.30 bits per heavy atom. The van der Waals surface area contributed by atoms with Crippen LogP contribution in [0.5, 0.6) is 0 Å². The molecule has 23 heavy (non-hydrogen) atoms. The average molecular weight is 331 g/mol. The summed E-state index contributed by atoms with van der Waals surface area (Å²) in [6.07, 6.45) is 1.93. The van der Waals surface area contributed by atoms with Crippen molar-refractivity contribution in [3.63, 3.8) is 0 Å². The molecule has 0 radical (unpaired) electrons. The molecule has 0 bridgehead atoms. The van der Waals surface area contributed by atoms with Crippen LogP contribution in [0, 0.1) is 0 Å². The summed E-state index contributed by atoms with van der Waals surface area (Å²) in [5.41, 5.74) is 0.974. The van der Waals surface area contributed by atoms with Gasteiger partial charge in [-0.1, -0.05) is 12.1 Å². The van der Waals surface area contributed by atoms with Crippen LogP contribution in [-0.2, 0) is 9.47 Å². The number of carbonyl (C=O) groups is 2. The molecule has 5 nitrogen and oxygen atoms in total. The van der Waals surface area contributed by atoms with E-state index in [1.807, 2.05) is 11.4 Å². The number of rotatable bonds is 5. The lowest BCUT2D eigenvalue weighted by Gasteiger charge is -2.11. The number of anilines is 1. The molecule has 1 unspecified atom stereocenters. The third-order valence-electron chi connectivity index (χ3n) is 3.53. The Hall–Kier alpha value is -2.18. The molecule has 1 aliphatic heterocycles. The van der Waals surface area contributed by atoms with Gasteiger partial charge in [0.1, 0.15) is 6.61 Å². The van der Waals surface area contributed by atoms with Gasteiger partial charge in [0.25, 0.3) is 5.91 Å². The summed E-state index contributed by atoms with van der Waals surface area (Å²) in [5.74, 6) is -0.599.